The molecule has 19 heavy (non-hydrogen) atoms. The van der Waals surface area contributed by atoms with E-state index in [2.05, 4.69) is 38.8 Å². The van der Waals surface area contributed by atoms with Crippen molar-refractivity contribution in [3.63, 3.8) is 0 Å². The lowest BCUT2D eigenvalue weighted by Crippen LogP contribution is -2.29. The van der Waals surface area contributed by atoms with Gasteiger partial charge in [-0.2, -0.15) is 0 Å². The molecule has 2 N–H and O–H groups in total. The van der Waals surface area contributed by atoms with E-state index in [-0.39, 0.29) is 4.90 Å². The zero-order valence-electron chi connectivity index (χ0n) is 10.7. The monoisotopic (exact) mass is 410 g/mol. The van der Waals surface area contributed by atoms with Crippen molar-refractivity contribution >= 4 is 47.6 Å². The van der Waals surface area contributed by atoms with Crippen LogP contribution in [0.25, 0.3) is 0 Å². The normalized spacial score (nSPS) is 22.8. The highest BCUT2D eigenvalue weighted by Gasteiger charge is 2.37. The van der Waals surface area contributed by atoms with Gasteiger partial charge in [0.05, 0.1) is 0 Å². The van der Waals surface area contributed by atoms with E-state index in [0.717, 1.165) is 6.42 Å². The second-order valence-electron chi connectivity index (χ2n) is 5.07. The van der Waals surface area contributed by atoms with Gasteiger partial charge in [-0.1, -0.05) is 6.92 Å². The van der Waals surface area contributed by atoms with Gasteiger partial charge >= 0.3 is 0 Å². The number of halogens is 2. The molecule has 0 bridgehead atoms. The number of sulfonamides is 1. The first kappa shape index (κ1) is 15.3. The maximum Gasteiger partial charge on any atom is 0.245 e. The zero-order chi connectivity index (χ0) is 14.4. The van der Waals surface area contributed by atoms with Crippen molar-refractivity contribution in [1.82, 2.24) is 4.31 Å². The summed E-state index contributed by atoms with van der Waals surface area (Å²) in [5.41, 5.74) is 6.20. The second kappa shape index (κ2) is 5.35. The highest BCUT2D eigenvalue weighted by Crippen LogP contribution is 2.40. The first-order chi connectivity index (χ1) is 8.73. The first-order valence-corrected chi connectivity index (χ1v) is 8.97. The van der Waals surface area contributed by atoms with Crippen molar-refractivity contribution < 1.29 is 8.42 Å². The minimum Gasteiger partial charge on any atom is -0.399 e. The molecule has 0 heterocycles. The minimum atomic E-state index is -3.51. The number of nitrogens with two attached hydrogens (primary N) is 1. The van der Waals surface area contributed by atoms with Crippen molar-refractivity contribution in [2.24, 2.45) is 11.8 Å². The first-order valence-electron chi connectivity index (χ1n) is 5.94. The molecule has 0 aromatic heterocycles. The number of hydrogen-bond donors (Lipinski definition) is 1. The van der Waals surface area contributed by atoms with Gasteiger partial charge in [-0.3, -0.25) is 0 Å². The maximum absolute atomic E-state index is 12.6. The summed E-state index contributed by atoms with van der Waals surface area (Å²) in [6.07, 6.45) is 1.10. The number of anilines is 1. The van der Waals surface area contributed by atoms with E-state index < -0.39 is 10.0 Å². The molecule has 0 radical (unpaired) electrons. The van der Waals surface area contributed by atoms with Crippen molar-refractivity contribution in [3.8, 4) is 0 Å². The Morgan fingerprint density at radius 2 is 1.84 bits per heavy atom. The van der Waals surface area contributed by atoms with Crippen molar-refractivity contribution in [1.29, 1.82) is 0 Å². The van der Waals surface area contributed by atoms with Crippen LogP contribution in [0.5, 0.6) is 0 Å². The van der Waals surface area contributed by atoms with Gasteiger partial charge in [0.2, 0.25) is 10.0 Å². The van der Waals surface area contributed by atoms with Gasteiger partial charge in [0.1, 0.15) is 4.90 Å². The Kier molecular flexibility index (Phi) is 4.30. The smallest absolute Gasteiger partial charge is 0.245 e. The fourth-order valence-corrected chi connectivity index (χ4v) is 5.82. The summed E-state index contributed by atoms with van der Waals surface area (Å²) in [4.78, 5) is 0.234. The summed E-state index contributed by atoms with van der Waals surface area (Å²) < 4.78 is 27.5. The summed E-state index contributed by atoms with van der Waals surface area (Å²) in [6.45, 7) is 2.70. The lowest BCUT2D eigenvalue weighted by atomic mass is 10.3. The molecule has 2 atom stereocenters. The van der Waals surface area contributed by atoms with Crippen LogP contribution < -0.4 is 5.73 Å². The van der Waals surface area contributed by atoms with Gasteiger partial charge in [0.25, 0.3) is 0 Å². The van der Waals surface area contributed by atoms with Gasteiger partial charge < -0.3 is 5.73 Å². The molecule has 7 heteroatoms. The molecule has 0 spiro atoms. The largest absolute Gasteiger partial charge is 0.399 e. The molecule has 1 aromatic rings. The van der Waals surface area contributed by atoms with Crippen molar-refractivity contribution in [3.05, 3.63) is 21.1 Å². The molecule has 2 unspecified atom stereocenters. The second-order valence-corrected chi connectivity index (χ2v) is 8.76. The minimum absolute atomic E-state index is 0.234. The molecule has 0 amide bonds. The Labute approximate surface area is 130 Å². The Morgan fingerprint density at radius 3 is 2.26 bits per heavy atom. The maximum atomic E-state index is 12.6. The van der Waals surface area contributed by atoms with Gasteiger partial charge in [0.15, 0.2) is 0 Å². The Morgan fingerprint density at radius 1 is 1.37 bits per heavy atom. The fourth-order valence-electron chi connectivity index (χ4n) is 2.06. The lowest BCUT2D eigenvalue weighted by molar-refractivity contribution is 0.444. The number of hydrogen-bond acceptors (Lipinski definition) is 3. The molecule has 1 aliphatic rings. The van der Waals surface area contributed by atoms with E-state index in [1.165, 1.54) is 4.31 Å². The molecule has 1 aromatic carbocycles. The predicted molar refractivity (Wildman–Crippen MR) is 83.3 cm³/mol. The highest BCUT2D eigenvalue weighted by atomic mass is 79.9. The molecule has 106 valence electrons. The molecule has 2 rings (SSSR count). The summed E-state index contributed by atoms with van der Waals surface area (Å²) in [5, 5.41) is 0. The third-order valence-electron chi connectivity index (χ3n) is 3.46. The van der Waals surface area contributed by atoms with Gasteiger partial charge in [0, 0.05) is 28.2 Å². The quantitative estimate of drug-likeness (QED) is 0.774. The average Bonchev–Trinajstić information content (AvgIpc) is 2.91. The summed E-state index contributed by atoms with van der Waals surface area (Å²) in [7, 11) is -1.89. The molecule has 1 fully saturated rings. The van der Waals surface area contributed by atoms with Crippen molar-refractivity contribution in [2.45, 2.75) is 18.2 Å². The number of nitrogens with zero attached hydrogens (tertiary/aromatic N) is 1. The molecule has 1 aliphatic carbocycles. The number of nitrogen functional groups attached to an aromatic ring is 1. The van der Waals surface area contributed by atoms with Crippen LogP contribution in [0.4, 0.5) is 5.69 Å². The molecular formula is C12H16Br2N2O2S. The van der Waals surface area contributed by atoms with E-state index in [0.29, 0.717) is 33.0 Å². The third kappa shape index (κ3) is 3.15. The van der Waals surface area contributed by atoms with Crippen LogP contribution in [-0.2, 0) is 10.0 Å². The van der Waals surface area contributed by atoms with Gasteiger partial charge in [-0.05, 0) is 62.2 Å². The van der Waals surface area contributed by atoms with E-state index in [1.807, 2.05) is 0 Å². The summed E-state index contributed by atoms with van der Waals surface area (Å²) >= 11 is 6.56. The summed E-state index contributed by atoms with van der Waals surface area (Å²) in [5.74, 6) is 1.10. The SMILES string of the molecule is CC1CC1CN(C)S(=O)(=O)c1c(Br)cc(N)cc1Br. The van der Waals surface area contributed by atoms with Crippen LogP contribution in [0, 0.1) is 11.8 Å². The van der Waals surface area contributed by atoms with E-state index in [9.17, 15) is 8.42 Å². The van der Waals surface area contributed by atoms with Crippen LogP contribution in [0.1, 0.15) is 13.3 Å². The topological polar surface area (TPSA) is 63.4 Å². The third-order valence-corrected chi connectivity index (χ3v) is 7.16. The predicted octanol–water partition coefficient (Wildman–Crippen LogP) is 3.07. The molecule has 1 saturated carbocycles. The van der Waals surface area contributed by atoms with E-state index in [1.54, 1.807) is 19.2 Å². The molecule has 4 nitrogen and oxygen atoms in total. The zero-order valence-corrected chi connectivity index (χ0v) is 14.7. The van der Waals surface area contributed by atoms with Crippen LogP contribution in [0.15, 0.2) is 26.0 Å². The van der Waals surface area contributed by atoms with Gasteiger partial charge in [-0.15, -0.1) is 0 Å². The average molecular weight is 412 g/mol. The number of benzene rings is 1. The number of rotatable bonds is 4. The van der Waals surface area contributed by atoms with Crippen LogP contribution in [-0.4, -0.2) is 26.3 Å². The molecule has 0 aliphatic heterocycles. The fraction of sp³-hybridized carbons (Fsp3) is 0.500. The van der Waals surface area contributed by atoms with Crippen LogP contribution in [0.2, 0.25) is 0 Å². The van der Waals surface area contributed by atoms with E-state index >= 15 is 0 Å². The van der Waals surface area contributed by atoms with Crippen LogP contribution in [0.3, 0.4) is 0 Å². The van der Waals surface area contributed by atoms with Crippen LogP contribution >= 0.6 is 31.9 Å². The summed E-state index contributed by atoms with van der Waals surface area (Å²) in [6, 6.07) is 3.20. The van der Waals surface area contributed by atoms with Gasteiger partial charge in [-0.25, -0.2) is 12.7 Å². The molecular weight excluding hydrogens is 396 g/mol. The Bertz CT molecular complexity index is 581. The highest BCUT2D eigenvalue weighted by molar-refractivity contribution is 9.11. The van der Waals surface area contributed by atoms with E-state index in [4.69, 9.17) is 5.73 Å². The lowest BCUT2D eigenvalue weighted by Gasteiger charge is -2.19. The standard InChI is InChI=1S/C12H16Br2N2O2S/c1-7-3-8(7)6-16(2)19(17,18)12-10(13)4-9(15)5-11(12)14/h4-5,7-8H,3,6,15H2,1-2H3. The Balaban J connectivity index is 2.33. The Hall–Kier alpha value is -0.110. The molecule has 0 saturated heterocycles. The van der Waals surface area contributed by atoms with Crippen molar-refractivity contribution in [2.75, 3.05) is 19.3 Å².